The normalized spacial score (nSPS) is 18.2. The zero-order valence-electron chi connectivity index (χ0n) is 23.5. The van der Waals surface area contributed by atoms with Crippen molar-refractivity contribution < 1.29 is 29.2 Å². The van der Waals surface area contributed by atoms with E-state index in [1.165, 1.54) is 31.7 Å². The number of amides is 3. The molecule has 0 saturated carbocycles. The molecule has 2 fully saturated rings. The first-order valence-electron chi connectivity index (χ1n) is 14.3. The lowest BCUT2D eigenvalue weighted by atomic mass is 9.96. The van der Waals surface area contributed by atoms with Gasteiger partial charge in [-0.2, -0.15) is 0 Å². The molecule has 4 rings (SSSR count). The Balaban J connectivity index is 1.33. The first-order chi connectivity index (χ1) is 19.8. The number of carbonyl (C=O) groups is 3. The molecule has 2 aromatic carbocycles. The molecule has 2 saturated heterocycles. The highest BCUT2D eigenvalue weighted by Crippen LogP contribution is 2.28. The van der Waals surface area contributed by atoms with E-state index < -0.39 is 24.0 Å². The van der Waals surface area contributed by atoms with Gasteiger partial charge >= 0.3 is 0 Å². The van der Waals surface area contributed by atoms with Crippen LogP contribution in [0, 0.1) is 11.8 Å². The van der Waals surface area contributed by atoms with Crippen LogP contribution in [0.25, 0.3) is 0 Å². The molecule has 3 amide bonds. The molecule has 0 bridgehead atoms. The van der Waals surface area contributed by atoms with Crippen LogP contribution in [0.1, 0.15) is 60.5 Å². The average Bonchev–Trinajstić information content (AvgIpc) is 3.00. The Morgan fingerprint density at radius 2 is 1.54 bits per heavy atom. The maximum absolute atomic E-state index is 13.1. The molecule has 0 spiro atoms. The van der Waals surface area contributed by atoms with E-state index in [0.29, 0.717) is 18.2 Å². The summed E-state index contributed by atoms with van der Waals surface area (Å²) in [7, 11) is 0. The van der Waals surface area contributed by atoms with Crippen molar-refractivity contribution in [2.24, 2.45) is 0 Å². The number of anilines is 1. The maximum atomic E-state index is 13.1. The van der Waals surface area contributed by atoms with Crippen LogP contribution >= 0.6 is 0 Å². The summed E-state index contributed by atoms with van der Waals surface area (Å²) in [5, 5.41) is 27.4. The number of rotatable bonds is 8. The van der Waals surface area contributed by atoms with Crippen LogP contribution in [0.5, 0.6) is 0 Å². The van der Waals surface area contributed by atoms with Crippen LogP contribution in [-0.2, 0) is 9.59 Å². The Morgan fingerprint density at radius 1 is 0.951 bits per heavy atom. The summed E-state index contributed by atoms with van der Waals surface area (Å²) in [5.41, 5.74) is 3.94. The smallest absolute Gasteiger partial charge is 0.279 e. The van der Waals surface area contributed by atoms with Gasteiger partial charge in [-0.3, -0.25) is 19.6 Å². The summed E-state index contributed by atoms with van der Waals surface area (Å²) in [6.45, 7) is 6.09. The molecule has 2 heterocycles. The molecule has 0 aromatic heterocycles. The number of hydrogen-bond acceptors (Lipinski definition) is 6. The minimum absolute atomic E-state index is 0.0603. The fourth-order valence-corrected chi connectivity index (χ4v) is 5.82. The fourth-order valence-electron chi connectivity index (χ4n) is 5.82. The minimum Gasteiger partial charge on any atom is -0.391 e. The first-order valence-corrected chi connectivity index (χ1v) is 14.3. The number of hydroxylamine groups is 1. The first kappa shape index (κ1) is 30.2. The van der Waals surface area contributed by atoms with Crippen LogP contribution in [-0.4, -0.2) is 83.4 Å². The van der Waals surface area contributed by atoms with Gasteiger partial charge in [0, 0.05) is 48.3 Å². The predicted octanol–water partition coefficient (Wildman–Crippen LogP) is 1.76. The number of aliphatic hydroxyl groups excluding tert-OH is 1. The van der Waals surface area contributed by atoms with E-state index >= 15 is 0 Å². The Bertz CT molecular complexity index is 1250. The van der Waals surface area contributed by atoms with Crippen LogP contribution in [0.15, 0.2) is 48.5 Å². The topological polar surface area (TPSA) is 140 Å². The van der Waals surface area contributed by atoms with Gasteiger partial charge in [0.15, 0.2) is 6.54 Å². The van der Waals surface area contributed by atoms with E-state index in [9.17, 15) is 19.5 Å². The van der Waals surface area contributed by atoms with E-state index in [0.717, 1.165) is 54.8 Å². The second-order valence-corrected chi connectivity index (χ2v) is 11.0. The molecule has 10 heteroatoms. The lowest BCUT2D eigenvalue weighted by molar-refractivity contribution is -0.949. The number of piperidine rings is 2. The third-order valence-electron chi connectivity index (χ3n) is 8.08. The quantitative estimate of drug-likeness (QED) is 0.125. The van der Waals surface area contributed by atoms with Gasteiger partial charge in [0.2, 0.25) is 0 Å². The van der Waals surface area contributed by atoms with Gasteiger partial charge < -0.3 is 25.5 Å². The Kier molecular flexibility index (Phi) is 10.5. The summed E-state index contributed by atoms with van der Waals surface area (Å²) in [5.74, 6) is 4.72. The number of quaternary nitrogens is 1. The molecule has 6 N–H and O–H groups in total. The molecule has 0 radical (unpaired) electrons. The molecular formula is C31H40N5O5+. The predicted molar refractivity (Wildman–Crippen MR) is 155 cm³/mol. The highest BCUT2D eigenvalue weighted by molar-refractivity contribution is 5.97. The van der Waals surface area contributed by atoms with Gasteiger partial charge in [0.1, 0.15) is 6.04 Å². The van der Waals surface area contributed by atoms with Crippen molar-refractivity contribution in [3.8, 4) is 11.8 Å². The van der Waals surface area contributed by atoms with E-state index in [1.54, 1.807) is 24.3 Å². The molecule has 2 aromatic rings. The van der Waals surface area contributed by atoms with E-state index in [2.05, 4.69) is 27.8 Å². The van der Waals surface area contributed by atoms with Gasteiger partial charge in [-0.15, -0.1) is 0 Å². The van der Waals surface area contributed by atoms with Gasteiger partial charge in [0.05, 0.1) is 25.2 Å². The SMILES string of the molecule is C[C@@H](O)[C@H](NC(=O)c1ccc(C#Cc2ccc(NC(=O)C[N+]3(C4CCNCC4)CCCCC3)cc2)cc1)C(=O)NO. The van der Waals surface area contributed by atoms with Crippen molar-refractivity contribution in [1.29, 1.82) is 0 Å². The number of carbonyl (C=O) groups excluding carboxylic acids is 3. The van der Waals surface area contributed by atoms with Gasteiger partial charge in [0.25, 0.3) is 17.7 Å². The maximum Gasteiger partial charge on any atom is 0.279 e. The fraction of sp³-hybridized carbons (Fsp3) is 0.452. The third kappa shape index (κ3) is 8.15. The van der Waals surface area contributed by atoms with Gasteiger partial charge in [-0.05, 0) is 74.7 Å². The highest BCUT2D eigenvalue weighted by Gasteiger charge is 2.40. The molecule has 2 aliphatic heterocycles. The zero-order chi connectivity index (χ0) is 29.2. The molecule has 10 nitrogen and oxygen atoms in total. The minimum atomic E-state index is -1.29. The number of nitrogens with one attached hydrogen (secondary N) is 4. The summed E-state index contributed by atoms with van der Waals surface area (Å²) >= 11 is 0. The summed E-state index contributed by atoms with van der Waals surface area (Å²) in [6, 6.07) is 13.2. The summed E-state index contributed by atoms with van der Waals surface area (Å²) < 4.78 is 0.913. The van der Waals surface area contributed by atoms with E-state index in [1.807, 2.05) is 24.3 Å². The van der Waals surface area contributed by atoms with Crippen molar-refractivity contribution in [3.63, 3.8) is 0 Å². The van der Waals surface area contributed by atoms with Crippen LogP contribution in [0.4, 0.5) is 5.69 Å². The lowest BCUT2D eigenvalue weighted by Crippen LogP contribution is -2.63. The van der Waals surface area contributed by atoms with E-state index in [-0.39, 0.29) is 11.5 Å². The lowest BCUT2D eigenvalue weighted by Gasteiger charge is -2.48. The molecule has 0 unspecified atom stereocenters. The Hall–Kier alpha value is -3.75. The van der Waals surface area contributed by atoms with Crippen LogP contribution < -0.4 is 21.4 Å². The van der Waals surface area contributed by atoms with Crippen molar-refractivity contribution in [2.75, 3.05) is 38.0 Å². The van der Waals surface area contributed by atoms with Crippen LogP contribution in [0.2, 0.25) is 0 Å². The Morgan fingerprint density at radius 3 is 2.10 bits per heavy atom. The highest BCUT2D eigenvalue weighted by atomic mass is 16.5. The number of aliphatic hydroxyl groups is 1. The van der Waals surface area contributed by atoms with Gasteiger partial charge in [-0.1, -0.05) is 11.8 Å². The second-order valence-electron chi connectivity index (χ2n) is 11.0. The average molecular weight is 563 g/mol. The number of hydrogen-bond donors (Lipinski definition) is 6. The molecular weight excluding hydrogens is 522 g/mol. The molecule has 41 heavy (non-hydrogen) atoms. The zero-order valence-corrected chi connectivity index (χ0v) is 23.5. The number of likely N-dealkylation sites (tertiary alicyclic amines) is 1. The number of benzene rings is 2. The van der Waals surface area contributed by atoms with Crippen molar-refractivity contribution >= 4 is 23.4 Å². The molecule has 218 valence electrons. The number of nitrogens with zero attached hydrogens (tertiary/aromatic N) is 1. The van der Waals surface area contributed by atoms with Gasteiger partial charge in [-0.25, -0.2) is 5.48 Å². The van der Waals surface area contributed by atoms with Crippen molar-refractivity contribution in [2.45, 2.75) is 57.2 Å². The Labute approximate surface area is 241 Å². The summed E-state index contributed by atoms with van der Waals surface area (Å²) in [6.07, 6.45) is 4.70. The summed E-state index contributed by atoms with van der Waals surface area (Å²) in [4.78, 5) is 37.2. The molecule has 2 aliphatic rings. The van der Waals surface area contributed by atoms with Crippen molar-refractivity contribution in [3.05, 3.63) is 65.2 Å². The van der Waals surface area contributed by atoms with Crippen LogP contribution in [0.3, 0.4) is 0 Å². The third-order valence-corrected chi connectivity index (χ3v) is 8.08. The van der Waals surface area contributed by atoms with E-state index in [4.69, 9.17) is 5.21 Å². The largest absolute Gasteiger partial charge is 0.391 e. The van der Waals surface area contributed by atoms with Crippen molar-refractivity contribution in [1.82, 2.24) is 16.1 Å². The molecule has 0 aliphatic carbocycles. The standard InChI is InChI=1S/C31H39N5O5/c1-22(37)29(31(40)35-41)34-30(39)25-11-7-23(8-12-25)5-6-24-9-13-26(14-10-24)33-28(38)21-36(19-3-2-4-20-36)27-15-17-32-18-16-27/h7-14,22,27,29,32,37H,2-4,15-21H2,1H3,(H3-,33,34,35,38,39,40,41)/p+1/t22-,29+/m1/s1. The molecule has 2 atom stereocenters. The monoisotopic (exact) mass is 562 g/mol. The second kappa shape index (κ2) is 14.2.